The molecular formula is C11H13N3OS2. The Morgan fingerprint density at radius 3 is 3.18 bits per heavy atom. The molecule has 2 N–H and O–H groups in total. The smallest absolute Gasteiger partial charge is 0.222 e. The third-order valence-corrected chi connectivity index (χ3v) is 5.14. The molecule has 0 aromatic carbocycles. The Hall–Kier alpha value is -0.850. The van der Waals surface area contributed by atoms with Gasteiger partial charge in [0, 0.05) is 17.2 Å². The zero-order chi connectivity index (χ0) is 11.8. The summed E-state index contributed by atoms with van der Waals surface area (Å²) in [5.74, 6) is 0.356. The number of nitrogen functional groups attached to an aromatic ring is 1. The normalized spacial score (nSPS) is 24.5. The number of hydrogen-bond donors (Lipinski definition) is 1. The SMILES string of the molecule is CC1OCCC1Sc1nc(N)nc2sccc12. The molecule has 90 valence electrons. The first-order valence-electron chi connectivity index (χ1n) is 5.53. The maximum atomic E-state index is 5.73. The van der Waals surface area contributed by atoms with Crippen molar-refractivity contribution in [3.05, 3.63) is 11.4 Å². The Morgan fingerprint density at radius 1 is 1.53 bits per heavy atom. The van der Waals surface area contributed by atoms with E-state index < -0.39 is 0 Å². The second-order valence-corrected chi connectivity index (χ2v) is 6.17. The number of nitrogens with zero attached hydrogens (tertiary/aromatic N) is 2. The van der Waals surface area contributed by atoms with Crippen LogP contribution in [0.2, 0.25) is 0 Å². The van der Waals surface area contributed by atoms with E-state index in [2.05, 4.69) is 23.0 Å². The molecule has 0 bridgehead atoms. The molecule has 6 heteroatoms. The number of thiophene rings is 1. The number of nitrogens with two attached hydrogens (primary N) is 1. The van der Waals surface area contributed by atoms with Gasteiger partial charge in [0.05, 0.1) is 6.10 Å². The number of fused-ring (bicyclic) bond motifs is 1. The average Bonchev–Trinajstić information content (AvgIpc) is 2.88. The summed E-state index contributed by atoms with van der Waals surface area (Å²) in [6.45, 7) is 2.95. The van der Waals surface area contributed by atoms with Crippen molar-refractivity contribution in [3.63, 3.8) is 0 Å². The Labute approximate surface area is 108 Å². The molecule has 4 nitrogen and oxygen atoms in total. The van der Waals surface area contributed by atoms with Gasteiger partial charge in [0.15, 0.2) is 0 Å². The summed E-state index contributed by atoms with van der Waals surface area (Å²) in [4.78, 5) is 9.55. The van der Waals surface area contributed by atoms with E-state index in [4.69, 9.17) is 10.5 Å². The van der Waals surface area contributed by atoms with Gasteiger partial charge in [0.2, 0.25) is 5.95 Å². The van der Waals surface area contributed by atoms with E-state index in [-0.39, 0.29) is 6.10 Å². The lowest BCUT2D eigenvalue weighted by Crippen LogP contribution is -2.13. The Bertz CT molecular complexity index is 542. The second kappa shape index (κ2) is 4.44. The predicted octanol–water partition coefficient (Wildman–Crippen LogP) is 2.54. The van der Waals surface area contributed by atoms with Crippen molar-refractivity contribution in [2.24, 2.45) is 0 Å². The molecule has 1 saturated heterocycles. The van der Waals surface area contributed by atoms with Crippen LogP contribution in [0.1, 0.15) is 13.3 Å². The van der Waals surface area contributed by atoms with Gasteiger partial charge >= 0.3 is 0 Å². The van der Waals surface area contributed by atoms with Gasteiger partial charge in [0.25, 0.3) is 0 Å². The molecule has 3 rings (SSSR count). The molecule has 0 spiro atoms. The molecule has 0 saturated carbocycles. The van der Waals surface area contributed by atoms with Crippen LogP contribution >= 0.6 is 23.1 Å². The molecule has 1 fully saturated rings. The van der Waals surface area contributed by atoms with Crippen molar-refractivity contribution in [2.45, 2.75) is 29.7 Å². The summed E-state index contributed by atoms with van der Waals surface area (Å²) in [6, 6.07) is 2.06. The van der Waals surface area contributed by atoms with Crippen molar-refractivity contribution in [3.8, 4) is 0 Å². The van der Waals surface area contributed by atoms with Gasteiger partial charge in [0.1, 0.15) is 9.86 Å². The van der Waals surface area contributed by atoms with Crippen LogP contribution in [-0.2, 0) is 4.74 Å². The number of ether oxygens (including phenoxy) is 1. The molecule has 2 unspecified atom stereocenters. The summed E-state index contributed by atoms with van der Waals surface area (Å²) in [5.41, 5.74) is 5.73. The lowest BCUT2D eigenvalue weighted by Gasteiger charge is -2.13. The lowest BCUT2D eigenvalue weighted by molar-refractivity contribution is 0.127. The molecule has 2 atom stereocenters. The van der Waals surface area contributed by atoms with Gasteiger partial charge in [-0.15, -0.1) is 11.3 Å². The fraction of sp³-hybridized carbons (Fsp3) is 0.455. The van der Waals surface area contributed by atoms with Crippen molar-refractivity contribution in [1.29, 1.82) is 0 Å². The van der Waals surface area contributed by atoms with Gasteiger partial charge < -0.3 is 10.5 Å². The molecule has 2 aromatic rings. The summed E-state index contributed by atoms with van der Waals surface area (Å²) < 4.78 is 5.57. The second-order valence-electron chi connectivity index (χ2n) is 4.05. The van der Waals surface area contributed by atoms with E-state index in [1.807, 2.05) is 5.38 Å². The molecule has 0 amide bonds. The highest BCUT2D eigenvalue weighted by atomic mass is 32.2. The van der Waals surface area contributed by atoms with Crippen molar-refractivity contribution < 1.29 is 4.74 Å². The summed E-state index contributed by atoms with van der Waals surface area (Å²) in [6.07, 6.45) is 1.35. The first-order valence-corrected chi connectivity index (χ1v) is 7.29. The van der Waals surface area contributed by atoms with E-state index in [1.54, 1.807) is 23.1 Å². The highest BCUT2D eigenvalue weighted by Gasteiger charge is 2.26. The van der Waals surface area contributed by atoms with E-state index in [0.29, 0.717) is 11.2 Å². The average molecular weight is 267 g/mol. The molecule has 0 aliphatic carbocycles. The van der Waals surface area contributed by atoms with Crippen LogP contribution in [0.5, 0.6) is 0 Å². The molecule has 1 aliphatic rings. The summed E-state index contributed by atoms with van der Waals surface area (Å²) in [5, 5.41) is 4.58. The van der Waals surface area contributed by atoms with Crippen LogP contribution in [0.3, 0.4) is 0 Å². The van der Waals surface area contributed by atoms with Gasteiger partial charge in [-0.3, -0.25) is 0 Å². The van der Waals surface area contributed by atoms with E-state index in [1.165, 1.54) is 0 Å². The maximum absolute atomic E-state index is 5.73. The highest BCUT2D eigenvalue weighted by Crippen LogP contribution is 2.36. The van der Waals surface area contributed by atoms with Crippen LogP contribution in [0.15, 0.2) is 16.5 Å². The van der Waals surface area contributed by atoms with Crippen LogP contribution in [0.25, 0.3) is 10.2 Å². The van der Waals surface area contributed by atoms with Crippen molar-refractivity contribution >= 4 is 39.3 Å². The van der Waals surface area contributed by atoms with E-state index in [0.717, 1.165) is 28.3 Å². The van der Waals surface area contributed by atoms with E-state index >= 15 is 0 Å². The largest absolute Gasteiger partial charge is 0.377 e. The topological polar surface area (TPSA) is 61.0 Å². The first kappa shape index (κ1) is 11.3. The first-order chi connectivity index (χ1) is 8.24. The molecule has 0 radical (unpaired) electrons. The minimum Gasteiger partial charge on any atom is -0.377 e. The lowest BCUT2D eigenvalue weighted by atomic mass is 10.3. The molecule has 2 aromatic heterocycles. The summed E-state index contributed by atoms with van der Waals surface area (Å²) >= 11 is 3.36. The zero-order valence-corrected chi connectivity index (χ0v) is 11.1. The molecule has 3 heterocycles. The van der Waals surface area contributed by atoms with Gasteiger partial charge in [-0.2, -0.15) is 0 Å². The quantitative estimate of drug-likeness (QED) is 0.847. The monoisotopic (exact) mass is 267 g/mol. The predicted molar refractivity (Wildman–Crippen MR) is 71.5 cm³/mol. The van der Waals surface area contributed by atoms with Crippen LogP contribution < -0.4 is 5.73 Å². The zero-order valence-electron chi connectivity index (χ0n) is 9.42. The standard InChI is InChI=1S/C11H13N3OS2/c1-6-8(2-4-15-6)17-10-7-3-5-16-9(7)13-11(12)14-10/h3,5-6,8H,2,4H2,1H3,(H2,12,13,14). The van der Waals surface area contributed by atoms with Crippen LogP contribution in [0, 0.1) is 0 Å². The van der Waals surface area contributed by atoms with Gasteiger partial charge in [-0.1, -0.05) is 11.8 Å². The summed E-state index contributed by atoms with van der Waals surface area (Å²) in [7, 11) is 0. The van der Waals surface area contributed by atoms with Gasteiger partial charge in [-0.25, -0.2) is 9.97 Å². The maximum Gasteiger partial charge on any atom is 0.222 e. The Balaban J connectivity index is 1.96. The minimum absolute atomic E-state index is 0.282. The van der Waals surface area contributed by atoms with Crippen molar-refractivity contribution in [1.82, 2.24) is 9.97 Å². The highest BCUT2D eigenvalue weighted by molar-refractivity contribution is 8.00. The van der Waals surface area contributed by atoms with E-state index in [9.17, 15) is 0 Å². The minimum atomic E-state index is 0.282. The molecular weight excluding hydrogens is 254 g/mol. The number of aromatic nitrogens is 2. The third-order valence-electron chi connectivity index (χ3n) is 2.88. The van der Waals surface area contributed by atoms with Crippen LogP contribution in [0.4, 0.5) is 5.95 Å². The number of thioether (sulfide) groups is 1. The van der Waals surface area contributed by atoms with Crippen LogP contribution in [-0.4, -0.2) is 27.9 Å². The molecule has 1 aliphatic heterocycles. The molecule has 17 heavy (non-hydrogen) atoms. The number of hydrogen-bond acceptors (Lipinski definition) is 6. The Kier molecular flexibility index (Phi) is 2.94. The Morgan fingerprint density at radius 2 is 2.41 bits per heavy atom. The van der Waals surface area contributed by atoms with Crippen molar-refractivity contribution in [2.75, 3.05) is 12.3 Å². The number of rotatable bonds is 2. The number of anilines is 1. The fourth-order valence-electron chi connectivity index (χ4n) is 1.94. The third kappa shape index (κ3) is 2.12. The van der Waals surface area contributed by atoms with Gasteiger partial charge in [-0.05, 0) is 24.8 Å². The fourth-order valence-corrected chi connectivity index (χ4v) is 3.99.